The number of aryl methyl sites for hydroxylation is 1. The van der Waals surface area contributed by atoms with E-state index in [0.717, 1.165) is 33.7 Å². The van der Waals surface area contributed by atoms with Crippen molar-refractivity contribution in [3.8, 4) is 11.1 Å². The molecule has 1 aliphatic heterocycles. The summed E-state index contributed by atoms with van der Waals surface area (Å²) in [6, 6.07) is 14.1. The Labute approximate surface area is 190 Å². The van der Waals surface area contributed by atoms with Crippen molar-refractivity contribution in [1.82, 2.24) is 18.9 Å². The first-order chi connectivity index (χ1) is 14.8. The maximum atomic E-state index is 13.3. The van der Waals surface area contributed by atoms with Crippen molar-refractivity contribution in [2.45, 2.75) is 24.8 Å². The first-order valence-corrected chi connectivity index (χ1v) is 11.9. The van der Waals surface area contributed by atoms with Crippen LogP contribution >= 0.6 is 23.2 Å². The van der Waals surface area contributed by atoms with E-state index in [4.69, 9.17) is 23.2 Å². The van der Waals surface area contributed by atoms with Crippen molar-refractivity contribution >= 4 is 38.9 Å². The number of hydrogen-bond donors (Lipinski definition) is 0. The normalized spacial score (nSPS) is 14.7. The van der Waals surface area contributed by atoms with E-state index in [-0.39, 0.29) is 11.4 Å². The lowest BCUT2D eigenvalue weighted by atomic mass is 10.1. The number of hydrogen-bond acceptors (Lipinski definition) is 4. The molecule has 0 fully saturated rings. The van der Waals surface area contributed by atoms with Crippen molar-refractivity contribution in [1.29, 1.82) is 0 Å². The predicted octanol–water partition coefficient (Wildman–Crippen LogP) is 4.76. The molecule has 158 valence electrons. The molecule has 4 aromatic rings. The zero-order chi connectivity index (χ0) is 21.8. The summed E-state index contributed by atoms with van der Waals surface area (Å²) >= 11 is 12.1. The van der Waals surface area contributed by atoms with Gasteiger partial charge < -0.3 is 0 Å². The minimum atomic E-state index is -3.64. The summed E-state index contributed by atoms with van der Waals surface area (Å²) in [4.78, 5) is 4.68. The van der Waals surface area contributed by atoms with Gasteiger partial charge in [-0.1, -0.05) is 41.4 Å². The van der Waals surface area contributed by atoms with Crippen LogP contribution in [0.15, 0.2) is 59.6 Å². The molecule has 0 amide bonds. The second-order valence-corrected chi connectivity index (χ2v) is 10.3. The molecule has 0 N–H and O–H groups in total. The van der Waals surface area contributed by atoms with Gasteiger partial charge in [-0.2, -0.15) is 9.40 Å². The van der Waals surface area contributed by atoms with Gasteiger partial charge in [0.25, 0.3) is 0 Å². The highest BCUT2D eigenvalue weighted by Crippen LogP contribution is 2.30. The number of benzene rings is 2. The monoisotopic (exact) mass is 472 g/mol. The predicted molar refractivity (Wildman–Crippen MR) is 121 cm³/mol. The topological polar surface area (TPSA) is 67.6 Å². The fourth-order valence-electron chi connectivity index (χ4n) is 3.88. The van der Waals surface area contributed by atoms with E-state index < -0.39 is 10.0 Å². The smallest absolute Gasteiger partial charge is 0.237 e. The van der Waals surface area contributed by atoms with E-state index >= 15 is 0 Å². The highest BCUT2D eigenvalue weighted by Gasteiger charge is 2.30. The Hall–Kier alpha value is -2.45. The van der Waals surface area contributed by atoms with Gasteiger partial charge in [0.05, 0.1) is 26.3 Å². The van der Waals surface area contributed by atoms with Gasteiger partial charge in [-0.15, -0.1) is 0 Å². The Morgan fingerprint density at radius 3 is 2.45 bits per heavy atom. The lowest BCUT2D eigenvalue weighted by molar-refractivity contribution is 0.384. The third-order valence-electron chi connectivity index (χ3n) is 5.48. The van der Waals surface area contributed by atoms with Crippen molar-refractivity contribution in [3.63, 3.8) is 0 Å². The molecule has 5 rings (SSSR count). The maximum Gasteiger partial charge on any atom is 0.243 e. The molecule has 31 heavy (non-hydrogen) atoms. The summed E-state index contributed by atoms with van der Waals surface area (Å²) in [5, 5.41) is 5.43. The molecule has 0 unspecified atom stereocenters. The molecule has 0 bridgehead atoms. The molecular formula is C22H18Cl2N4O2S. The van der Waals surface area contributed by atoms with Gasteiger partial charge >= 0.3 is 0 Å². The van der Waals surface area contributed by atoms with E-state index in [1.54, 1.807) is 42.6 Å². The van der Waals surface area contributed by atoms with Crippen molar-refractivity contribution in [2.24, 2.45) is 0 Å². The van der Waals surface area contributed by atoms with E-state index in [0.29, 0.717) is 23.0 Å². The summed E-state index contributed by atoms with van der Waals surface area (Å²) in [6.45, 7) is 2.58. The van der Waals surface area contributed by atoms with Crippen LogP contribution in [0.5, 0.6) is 0 Å². The van der Waals surface area contributed by atoms with E-state index in [1.165, 1.54) is 4.31 Å². The highest BCUT2D eigenvalue weighted by molar-refractivity contribution is 7.89. The molecule has 1 aliphatic rings. The molecule has 0 saturated heterocycles. The molecule has 0 spiro atoms. The second kappa shape index (κ2) is 7.60. The molecule has 6 nitrogen and oxygen atoms in total. The van der Waals surface area contributed by atoms with Gasteiger partial charge in [-0.25, -0.2) is 17.9 Å². The van der Waals surface area contributed by atoms with Crippen LogP contribution in [0.25, 0.3) is 16.8 Å². The average Bonchev–Trinajstić information content (AvgIpc) is 3.16. The van der Waals surface area contributed by atoms with Crippen LogP contribution in [-0.2, 0) is 23.0 Å². The van der Waals surface area contributed by atoms with Gasteiger partial charge in [-0.3, -0.25) is 0 Å². The van der Waals surface area contributed by atoms with Crippen molar-refractivity contribution < 1.29 is 8.42 Å². The molecule has 0 radical (unpaired) electrons. The molecule has 3 heterocycles. The Morgan fingerprint density at radius 2 is 1.71 bits per heavy atom. The summed E-state index contributed by atoms with van der Waals surface area (Å²) < 4.78 is 29.8. The Morgan fingerprint density at radius 1 is 0.968 bits per heavy atom. The fourth-order valence-corrected chi connectivity index (χ4v) is 5.60. The highest BCUT2D eigenvalue weighted by atomic mass is 35.5. The third-order valence-corrected chi connectivity index (χ3v) is 8.08. The molecule has 0 saturated carbocycles. The standard InChI is InChI=1S/C22H18Cl2N4O2S/c1-14-10-22-25-12-17-13-27(9-8-21(17)28(22)26-14)31(29,30)18-5-2-15(3-6-18)16-4-7-19(23)20(24)11-16/h2-7,10-12H,8-9,13H2,1H3. The van der Waals surface area contributed by atoms with Crippen LogP contribution < -0.4 is 0 Å². The largest absolute Gasteiger partial charge is 0.243 e. The minimum Gasteiger partial charge on any atom is -0.237 e. The molecule has 0 aliphatic carbocycles. The average molecular weight is 473 g/mol. The maximum absolute atomic E-state index is 13.3. The zero-order valence-corrected chi connectivity index (χ0v) is 18.9. The van der Waals surface area contributed by atoms with Crippen LogP contribution in [0, 0.1) is 6.92 Å². The van der Waals surface area contributed by atoms with E-state index in [1.807, 2.05) is 23.6 Å². The van der Waals surface area contributed by atoms with Gasteiger partial charge in [0.15, 0.2) is 5.65 Å². The number of nitrogens with zero attached hydrogens (tertiary/aromatic N) is 4. The Balaban J connectivity index is 1.43. The van der Waals surface area contributed by atoms with E-state index in [9.17, 15) is 8.42 Å². The SMILES string of the molecule is Cc1cc2ncc3c(n2n1)CCN(S(=O)(=O)c1ccc(-c2ccc(Cl)c(Cl)c2)cc1)C3. The zero-order valence-electron chi connectivity index (χ0n) is 16.6. The second-order valence-electron chi connectivity index (χ2n) is 7.53. The minimum absolute atomic E-state index is 0.253. The molecule has 0 atom stereocenters. The Kier molecular flexibility index (Phi) is 5.01. The number of aromatic nitrogens is 3. The van der Waals surface area contributed by atoms with Crippen LogP contribution in [-0.4, -0.2) is 33.9 Å². The summed E-state index contributed by atoms with van der Waals surface area (Å²) in [6.07, 6.45) is 2.33. The quantitative estimate of drug-likeness (QED) is 0.431. The van der Waals surface area contributed by atoms with Gasteiger partial charge in [0.2, 0.25) is 10.0 Å². The van der Waals surface area contributed by atoms with Crippen LogP contribution in [0.4, 0.5) is 0 Å². The van der Waals surface area contributed by atoms with Gasteiger partial charge in [0.1, 0.15) is 0 Å². The lowest BCUT2D eigenvalue weighted by Crippen LogP contribution is -2.37. The van der Waals surface area contributed by atoms with Crippen molar-refractivity contribution in [3.05, 3.63) is 81.7 Å². The van der Waals surface area contributed by atoms with Gasteiger partial charge in [0, 0.05) is 37.3 Å². The summed E-state index contributed by atoms with van der Waals surface area (Å²) in [5.41, 5.74) is 5.29. The molecule has 9 heteroatoms. The van der Waals surface area contributed by atoms with Crippen molar-refractivity contribution in [2.75, 3.05) is 6.54 Å². The van der Waals surface area contributed by atoms with Crippen LogP contribution in [0.3, 0.4) is 0 Å². The lowest BCUT2D eigenvalue weighted by Gasteiger charge is -2.28. The first-order valence-electron chi connectivity index (χ1n) is 9.72. The Bertz CT molecular complexity index is 1420. The number of fused-ring (bicyclic) bond motifs is 3. The van der Waals surface area contributed by atoms with Gasteiger partial charge in [-0.05, 0) is 42.3 Å². The summed E-state index contributed by atoms with van der Waals surface area (Å²) in [7, 11) is -3.64. The van der Waals surface area contributed by atoms with E-state index in [2.05, 4.69) is 10.1 Å². The molecule has 2 aromatic carbocycles. The van der Waals surface area contributed by atoms with Crippen LogP contribution in [0.2, 0.25) is 10.0 Å². The molecule has 2 aromatic heterocycles. The molecular weight excluding hydrogens is 455 g/mol. The third kappa shape index (κ3) is 3.61. The number of sulfonamides is 1. The summed E-state index contributed by atoms with van der Waals surface area (Å²) in [5.74, 6) is 0. The number of rotatable bonds is 3. The first kappa shape index (κ1) is 20.5. The van der Waals surface area contributed by atoms with Crippen LogP contribution in [0.1, 0.15) is 17.0 Å². The number of halogens is 2. The fraction of sp³-hybridized carbons (Fsp3) is 0.182.